The highest BCUT2D eigenvalue weighted by Crippen LogP contribution is 2.36. The Bertz CT molecular complexity index is 941. The van der Waals surface area contributed by atoms with Crippen LogP contribution in [-0.2, 0) is 16.0 Å². The molecule has 0 aliphatic carbocycles. The van der Waals surface area contributed by atoms with Crippen molar-refractivity contribution in [3.63, 3.8) is 0 Å². The van der Waals surface area contributed by atoms with E-state index in [1.165, 1.54) is 0 Å². The van der Waals surface area contributed by atoms with Gasteiger partial charge in [0.2, 0.25) is 0 Å². The lowest BCUT2D eigenvalue weighted by Gasteiger charge is -2.14. The highest BCUT2D eigenvalue weighted by molar-refractivity contribution is 14.1. The third-order valence-electron chi connectivity index (χ3n) is 4.04. The Morgan fingerprint density at radius 3 is 1.72 bits per heavy atom. The minimum Gasteiger partial charge on any atom is -0.506 e. The first-order valence-electron chi connectivity index (χ1n) is 9.05. The molecule has 0 unspecified atom stereocenters. The third-order valence-corrected chi connectivity index (χ3v) is 7.29. The zero-order chi connectivity index (χ0) is 24.7. The van der Waals surface area contributed by atoms with Crippen LogP contribution < -0.4 is 16.2 Å². The minimum atomic E-state index is -1.02. The Kier molecular flexibility index (Phi) is 12.7. The molecule has 12 heteroatoms. The molecule has 32 heavy (non-hydrogen) atoms. The molecule has 0 saturated heterocycles. The van der Waals surface area contributed by atoms with Crippen LogP contribution in [0.3, 0.4) is 0 Å². The summed E-state index contributed by atoms with van der Waals surface area (Å²) in [5.74, 6) is -0.361. The maximum absolute atomic E-state index is 10.9. The fourth-order valence-corrected chi connectivity index (χ4v) is 6.00. The Morgan fingerprint density at radius 1 is 0.906 bits per heavy atom. The maximum atomic E-state index is 10.9. The quantitative estimate of drug-likeness (QED) is 0.253. The molecule has 0 spiro atoms. The van der Waals surface area contributed by atoms with E-state index in [4.69, 9.17) is 26.4 Å². The van der Waals surface area contributed by atoms with Crippen LogP contribution >= 0.6 is 90.4 Å². The van der Waals surface area contributed by atoms with Crippen molar-refractivity contribution in [1.29, 1.82) is 0 Å². The minimum absolute atomic E-state index is 0.0208. The average molecular weight is 894 g/mol. The second-order valence-electron chi connectivity index (χ2n) is 6.98. The first-order chi connectivity index (χ1) is 14.7. The summed E-state index contributed by atoms with van der Waals surface area (Å²) in [5, 5.41) is 27.0. The molecule has 0 fully saturated rings. The SMILES string of the molecule is CC(C)[C@H](N)C(=O)O.N[C@@H](Cc1cc(I)c(Oc2cc(I)c(O)c(I)c2)c(I)c1)C(=O)O. The van der Waals surface area contributed by atoms with Gasteiger partial charge in [0.05, 0.1) is 14.3 Å². The van der Waals surface area contributed by atoms with Crippen LogP contribution in [-0.4, -0.2) is 39.3 Å². The van der Waals surface area contributed by atoms with Crippen LogP contribution in [0.4, 0.5) is 0 Å². The van der Waals surface area contributed by atoms with Gasteiger partial charge in [-0.1, -0.05) is 13.8 Å². The topological polar surface area (TPSA) is 156 Å². The van der Waals surface area contributed by atoms with Gasteiger partial charge in [-0.25, -0.2) is 0 Å². The molecule has 7 N–H and O–H groups in total. The van der Waals surface area contributed by atoms with Crippen molar-refractivity contribution < 1.29 is 29.6 Å². The van der Waals surface area contributed by atoms with E-state index in [1.54, 1.807) is 26.0 Å². The van der Waals surface area contributed by atoms with Crippen molar-refractivity contribution in [2.24, 2.45) is 17.4 Å². The van der Waals surface area contributed by atoms with Gasteiger partial charge in [-0.3, -0.25) is 9.59 Å². The lowest BCUT2D eigenvalue weighted by atomic mass is 10.1. The first-order valence-corrected chi connectivity index (χ1v) is 13.4. The molecule has 2 rings (SSSR count). The van der Waals surface area contributed by atoms with Crippen molar-refractivity contribution in [3.05, 3.63) is 44.1 Å². The Labute approximate surface area is 240 Å². The zero-order valence-corrected chi connectivity index (χ0v) is 25.6. The van der Waals surface area contributed by atoms with Crippen LogP contribution in [0.2, 0.25) is 0 Å². The number of phenolic OH excluding ortho intramolecular Hbond substituents is 1. The molecule has 0 radical (unpaired) electrons. The second kappa shape index (κ2) is 13.6. The largest absolute Gasteiger partial charge is 0.506 e. The van der Waals surface area contributed by atoms with E-state index in [0.717, 1.165) is 12.7 Å². The van der Waals surface area contributed by atoms with Gasteiger partial charge < -0.3 is 31.5 Å². The van der Waals surface area contributed by atoms with Crippen LogP contribution in [0, 0.1) is 20.2 Å². The summed E-state index contributed by atoms with van der Waals surface area (Å²) in [6.45, 7) is 3.55. The molecule has 2 aromatic carbocycles. The molecule has 0 saturated carbocycles. The summed E-state index contributed by atoms with van der Waals surface area (Å²) >= 11 is 8.42. The van der Waals surface area contributed by atoms with E-state index in [1.807, 2.05) is 12.1 Å². The number of phenols is 1. The molecule has 0 amide bonds. The molecular formula is C20H22I4N2O6. The molecule has 0 aliphatic heterocycles. The highest BCUT2D eigenvalue weighted by atomic mass is 127. The predicted octanol–water partition coefficient (Wildman–Crippen LogP) is 4.61. The second-order valence-corrected chi connectivity index (χ2v) is 11.6. The maximum Gasteiger partial charge on any atom is 0.320 e. The molecule has 0 aliphatic rings. The summed E-state index contributed by atoms with van der Waals surface area (Å²) in [6, 6.07) is 5.63. The summed E-state index contributed by atoms with van der Waals surface area (Å²) in [6.07, 6.45) is 0.261. The number of carboxylic acids is 2. The predicted molar refractivity (Wildman–Crippen MR) is 155 cm³/mol. The number of nitrogens with two attached hydrogens (primary N) is 2. The number of halogens is 4. The van der Waals surface area contributed by atoms with Crippen molar-refractivity contribution in [1.82, 2.24) is 0 Å². The third kappa shape index (κ3) is 9.22. The summed E-state index contributed by atoms with van der Waals surface area (Å²) < 4.78 is 9.14. The number of benzene rings is 2. The monoisotopic (exact) mass is 894 g/mol. The van der Waals surface area contributed by atoms with Gasteiger partial charge in [-0.05, 0) is 133 Å². The van der Waals surface area contributed by atoms with Gasteiger partial charge in [0.25, 0.3) is 0 Å². The number of aromatic hydroxyl groups is 1. The standard InChI is InChI=1S/C15H11I4NO4.C5H11NO2/c16-8-4-7(5-9(17)13(8)21)24-14-10(18)1-6(2-11(14)19)3-12(20)15(22)23;1-3(2)4(6)5(7)8/h1-2,4-5,12,21H,3,20H2,(H,22,23);3-4H,6H2,1-2H3,(H,7,8)/t12-;4-/m00/s1. The van der Waals surface area contributed by atoms with Gasteiger partial charge in [0, 0.05) is 0 Å². The zero-order valence-electron chi connectivity index (χ0n) is 17.0. The van der Waals surface area contributed by atoms with Crippen molar-refractivity contribution in [3.8, 4) is 17.2 Å². The van der Waals surface area contributed by atoms with E-state index >= 15 is 0 Å². The molecule has 0 aromatic heterocycles. The van der Waals surface area contributed by atoms with E-state index in [2.05, 4.69) is 90.4 Å². The van der Waals surface area contributed by atoms with E-state index in [9.17, 15) is 14.7 Å². The summed E-state index contributed by atoms with van der Waals surface area (Å²) in [7, 11) is 0. The first kappa shape index (κ1) is 29.9. The van der Waals surface area contributed by atoms with Gasteiger partial charge in [0.1, 0.15) is 23.6 Å². The van der Waals surface area contributed by atoms with Crippen molar-refractivity contribution in [2.45, 2.75) is 32.4 Å². The number of carbonyl (C=O) groups is 2. The fraction of sp³-hybridized carbons (Fsp3) is 0.300. The average Bonchev–Trinajstić information content (AvgIpc) is 2.68. The van der Waals surface area contributed by atoms with Crippen molar-refractivity contribution >= 4 is 102 Å². The van der Waals surface area contributed by atoms with Gasteiger partial charge >= 0.3 is 11.9 Å². The van der Waals surface area contributed by atoms with Crippen LogP contribution in [0.15, 0.2) is 24.3 Å². The van der Waals surface area contributed by atoms with E-state index in [-0.39, 0.29) is 18.1 Å². The lowest BCUT2D eigenvalue weighted by Crippen LogP contribution is -2.34. The fourth-order valence-electron chi connectivity index (χ4n) is 2.17. The lowest BCUT2D eigenvalue weighted by molar-refractivity contribution is -0.140. The molecule has 2 aromatic rings. The highest BCUT2D eigenvalue weighted by Gasteiger charge is 2.17. The summed E-state index contributed by atoms with van der Waals surface area (Å²) in [4.78, 5) is 20.9. The molecule has 0 heterocycles. The Morgan fingerprint density at radius 2 is 1.38 bits per heavy atom. The van der Waals surface area contributed by atoms with Crippen LogP contribution in [0.25, 0.3) is 0 Å². The number of hydrogen-bond acceptors (Lipinski definition) is 6. The van der Waals surface area contributed by atoms with Crippen LogP contribution in [0.5, 0.6) is 17.2 Å². The van der Waals surface area contributed by atoms with Gasteiger partial charge in [-0.15, -0.1) is 0 Å². The van der Waals surface area contributed by atoms with Crippen molar-refractivity contribution in [2.75, 3.05) is 0 Å². The van der Waals surface area contributed by atoms with Crippen LogP contribution in [0.1, 0.15) is 19.4 Å². The Hall–Kier alpha value is -0.180. The number of rotatable bonds is 7. The van der Waals surface area contributed by atoms with Gasteiger partial charge in [0.15, 0.2) is 5.75 Å². The molecule has 8 nitrogen and oxygen atoms in total. The molecule has 176 valence electrons. The van der Waals surface area contributed by atoms with E-state index in [0.29, 0.717) is 18.6 Å². The van der Waals surface area contributed by atoms with E-state index < -0.39 is 24.0 Å². The van der Waals surface area contributed by atoms with Gasteiger partial charge in [-0.2, -0.15) is 0 Å². The number of hydrogen-bond donors (Lipinski definition) is 5. The Balaban J connectivity index is 0.000000547. The summed E-state index contributed by atoms with van der Waals surface area (Å²) in [5.41, 5.74) is 11.6. The molecule has 2 atom stereocenters. The number of carboxylic acid groups (broad SMARTS) is 2. The normalized spacial score (nSPS) is 12.5. The smallest absolute Gasteiger partial charge is 0.320 e. The molecule has 0 bridgehead atoms. The number of ether oxygens (including phenoxy) is 1. The number of aliphatic carboxylic acids is 2. The molecular weight excluding hydrogens is 872 g/mol.